The predicted octanol–water partition coefficient (Wildman–Crippen LogP) is -0.295. The first-order valence-electron chi connectivity index (χ1n) is 4.84. The van der Waals surface area contributed by atoms with Gasteiger partial charge in [0.15, 0.2) is 0 Å². The van der Waals surface area contributed by atoms with Crippen molar-refractivity contribution in [3.05, 3.63) is 18.2 Å². The summed E-state index contributed by atoms with van der Waals surface area (Å²) in [6, 6.07) is 4.60. The van der Waals surface area contributed by atoms with E-state index in [4.69, 9.17) is 5.73 Å². The van der Waals surface area contributed by atoms with E-state index in [0.717, 1.165) is 0 Å². The minimum Gasteiger partial charge on any atom is -0.329 e. The molecule has 1 aromatic rings. The van der Waals surface area contributed by atoms with Crippen LogP contribution >= 0.6 is 0 Å². The molecule has 3 N–H and O–H groups in total. The van der Waals surface area contributed by atoms with Crippen molar-refractivity contribution in [2.75, 3.05) is 13.1 Å². The number of nitrogens with zero attached hydrogens (tertiary/aromatic N) is 1. The average Bonchev–Trinajstić information content (AvgIpc) is 2.69. The molecule has 92 valence electrons. The van der Waals surface area contributed by atoms with Crippen LogP contribution in [0.1, 0.15) is 0 Å². The van der Waals surface area contributed by atoms with E-state index in [1.165, 1.54) is 11.6 Å². The van der Waals surface area contributed by atoms with Crippen molar-refractivity contribution < 1.29 is 12.6 Å². The molecule has 1 unspecified atom stereocenters. The number of nitrogens with one attached hydrogen (secondary N) is 1. The Morgan fingerprint density at radius 1 is 1.41 bits per heavy atom. The van der Waals surface area contributed by atoms with Gasteiger partial charge in [-0.15, -0.1) is 0 Å². The van der Waals surface area contributed by atoms with Gasteiger partial charge >= 0.3 is 0 Å². The average molecular weight is 273 g/mol. The highest BCUT2D eigenvalue weighted by molar-refractivity contribution is 7.99. The number of aliphatic imine (C=N–C) groups is 1. The molecule has 2 rings (SSSR count). The van der Waals surface area contributed by atoms with Crippen molar-refractivity contribution in [2.24, 2.45) is 10.7 Å². The van der Waals surface area contributed by atoms with Gasteiger partial charge in [0, 0.05) is 13.1 Å². The van der Waals surface area contributed by atoms with Crippen molar-refractivity contribution in [3.8, 4) is 0 Å². The molecule has 0 saturated heterocycles. The first-order valence-corrected chi connectivity index (χ1v) is 7.53. The van der Waals surface area contributed by atoms with Crippen LogP contribution < -0.4 is 10.5 Å². The molecule has 0 amide bonds. The number of benzene rings is 1. The Balaban J connectivity index is 2.49. The maximum absolute atomic E-state index is 11.9. The zero-order valence-corrected chi connectivity index (χ0v) is 10.4. The van der Waals surface area contributed by atoms with Gasteiger partial charge in [-0.05, 0) is 12.1 Å². The van der Waals surface area contributed by atoms with E-state index in [-0.39, 0.29) is 22.9 Å². The Morgan fingerprint density at radius 3 is 2.88 bits per heavy atom. The third kappa shape index (κ3) is 2.29. The molecule has 1 heterocycles. The topological polar surface area (TPSA) is 102 Å². The first kappa shape index (κ1) is 12.4. The Labute approximate surface area is 101 Å². The van der Waals surface area contributed by atoms with Crippen molar-refractivity contribution in [2.45, 2.75) is 9.79 Å². The highest BCUT2D eigenvalue weighted by Gasteiger charge is 2.26. The second kappa shape index (κ2) is 4.65. The predicted molar refractivity (Wildman–Crippen MR) is 65.2 cm³/mol. The Hall–Kier alpha value is -1.09. The summed E-state index contributed by atoms with van der Waals surface area (Å²) in [7, 11) is -5.19. The molecule has 0 spiro atoms. The van der Waals surface area contributed by atoms with Gasteiger partial charge in [0.25, 0.3) is 0 Å². The van der Waals surface area contributed by atoms with Gasteiger partial charge in [-0.1, -0.05) is 6.07 Å². The fourth-order valence-electron chi connectivity index (χ4n) is 1.45. The molecular weight excluding hydrogens is 262 g/mol. The van der Waals surface area contributed by atoms with Crippen LogP contribution in [0, 0.1) is 0 Å². The van der Waals surface area contributed by atoms with E-state index in [1.807, 2.05) is 0 Å². The summed E-state index contributed by atoms with van der Waals surface area (Å²) in [5.74, 6) is 0. The highest BCUT2D eigenvalue weighted by Crippen LogP contribution is 2.32. The third-order valence-electron chi connectivity index (χ3n) is 2.17. The monoisotopic (exact) mass is 273 g/mol. The number of hydrogen-bond donors (Lipinski definition) is 2. The number of hydrogen-bond acceptors (Lipinski definition) is 5. The zero-order chi connectivity index (χ0) is 12.5. The minimum atomic E-state index is -3.68. The van der Waals surface area contributed by atoms with Gasteiger partial charge < -0.3 is 5.73 Å². The summed E-state index contributed by atoms with van der Waals surface area (Å²) in [5, 5.41) is 0. The molecule has 0 saturated carbocycles. The lowest BCUT2D eigenvalue weighted by Crippen LogP contribution is -2.29. The lowest BCUT2D eigenvalue weighted by Gasteiger charge is -2.08. The zero-order valence-electron chi connectivity index (χ0n) is 8.79. The van der Waals surface area contributed by atoms with Crippen molar-refractivity contribution in [1.29, 1.82) is 0 Å². The first-order chi connectivity index (χ1) is 8.06. The SMILES string of the molecule is NCCNS(=O)(=O)c1cccc2c1S(=O)C=N2. The van der Waals surface area contributed by atoms with Crippen LogP contribution in [0.3, 0.4) is 0 Å². The van der Waals surface area contributed by atoms with Crippen LogP contribution in [0.4, 0.5) is 5.69 Å². The van der Waals surface area contributed by atoms with E-state index in [2.05, 4.69) is 9.71 Å². The summed E-state index contributed by atoms with van der Waals surface area (Å²) in [4.78, 5) is 4.13. The highest BCUT2D eigenvalue weighted by atomic mass is 32.2. The van der Waals surface area contributed by atoms with Gasteiger partial charge in [0.05, 0.1) is 26.9 Å². The second-order valence-corrected chi connectivity index (χ2v) is 6.27. The summed E-state index contributed by atoms with van der Waals surface area (Å²) >= 11 is 0. The van der Waals surface area contributed by atoms with E-state index >= 15 is 0 Å². The van der Waals surface area contributed by atoms with Gasteiger partial charge in [-0.3, -0.25) is 0 Å². The fourth-order valence-corrected chi connectivity index (χ4v) is 4.08. The van der Waals surface area contributed by atoms with Crippen molar-refractivity contribution in [1.82, 2.24) is 4.72 Å². The van der Waals surface area contributed by atoms with Crippen LogP contribution in [0.25, 0.3) is 0 Å². The van der Waals surface area contributed by atoms with Crippen molar-refractivity contribution >= 4 is 32.1 Å². The largest absolute Gasteiger partial charge is 0.329 e. The van der Waals surface area contributed by atoms with Crippen LogP contribution in [0.5, 0.6) is 0 Å². The Morgan fingerprint density at radius 2 is 2.18 bits per heavy atom. The van der Waals surface area contributed by atoms with Gasteiger partial charge in [0.2, 0.25) is 10.0 Å². The maximum Gasteiger partial charge on any atom is 0.241 e. The molecule has 1 aromatic carbocycles. The minimum absolute atomic E-state index is 0.000664. The quantitative estimate of drug-likeness (QED) is 0.786. The summed E-state index contributed by atoms with van der Waals surface area (Å²) in [6.45, 7) is 0.341. The standard InChI is InChI=1S/C9H11N3O3S2/c10-4-5-12-17(14,15)8-3-1-2-7-9(8)16(13)6-11-7/h1-3,6,12H,4-5,10H2. The third-order valence-corrected chi connectivity index (χ3v) is 4.93. The smallest absolute Gasteiger partial charge is 0.241 e. The summed E-state index contributed by atoms with van der Waals surface area (Å²) in [5.41, 5.74) is 6.90. The molecule has 8 heteroatoms. The molecule has 0 aromatic heterocycles. The maximum atomic E-state index is 11.9. The molecule has 1 aliphatic heterocycles. The van der Waals surface area contributed by atoms with Gasteiger partial charge in [0.1, 0.15) is 4.90 Å². The molecule has 1 atom stereocenters. The molecule has 17 heavy (non-hydrogen) atoms. The summed E-state index contributed by atoms with van der Waals surface area (Å²) < 4.78 is 37.9. The number of sulfonamides is 1. The lowest BCUT2D eigenvalue weighted by molar-refractivity contribution is 0.579. The second-order valence-electron chi connectivity index (χ2n) is 3.32. The van der Waals surface area contributed by atoms with Crippen LogP contribution in [-0.2, 0) is 20.8 Å². The number of fused-ring (bicyclic) bond motifs is 1. The van der Waals surface area contributed by atoms with Crippen LogP contribution in [0.2, 0.25) is 0 Å². The van der Waals surface area contributed by atoms with Crippen molar-refractivity contribution in [3.63, 3.8) is 0 Å². The number of rotatable bonds is 4. The Bertz CT molecular complexity index is 596. The van der Waals surface area contributed by atoms with Gasteiger partial charge in [-0.2, -0.15) is 0 Å². The molecule has 0 radical (unpaired) electrons. The van der Waals surface area contributed by atoms with E-state index in [1.54, 1.807) is 12.1 Å². The molecule has 0 fully saturated rings. The normalized spacial score (nSPS) is 18.3. The van der Waals surface area contributed by atoms with Crippen LogP contribution in [-0.4, -0.2) is 31.3 Å². The molecule has 1 aliphatic rings. The lowest BCUT2D eigenvalue weighted by atomic mass is 10.3. The summed E-state index contributed by atoms with van der Waals surface area (Å²) in [6.07, 6.45) is 0. The molecular formula is C9H11N3O3S2. The van der Waals surface area contributed by atoms with E-state index in [9.17, 15) is 12.6 Å². The van der Waals surface area contributed by atoms with E-state index < -0.39 is 20.8 Å². The molecule has 0 aliphatic carbocycles. The molecule has 0 bridgehead atoms. The van der Waals surface area contributed by atoms with E-state index in [0.29, 0.717) is 5.69 Å². The number of nitrogens with two attached hydrogens (primary N) is 1. The van der Waals surface area contributed by atoms with Crippen LogP contribution in [0.15, 0.2) is 33.0 Å². The van der Waals surface area contributed by atoms with Gasteiger partial charge in [-0.25, -0.2) is 22.3 Å². The Kier molecular flexibility index (Phi) is 3.38. The molecule has 6 nitrogen and oxygen atoms in total. The fraction of sp³-hybridized carbons (Fsp3) is 0.222.